The van der Waals surface area contributed by atoms with E-state index >= 15 is 0 Å². The highest BCUT2D eigenvalue weighted by Crippen LogP contribution is 2.28. The summed E-state index contributed by atoms with van der Waals surface area (Å²) in [6.07, 6.45) is 6.21. The van der Waals surface area contributed by atoms with Crippen molar-refractivity contribution in [2.24, 2.45) is 0 Å². The van der Waals surface area contributed by atoms with Crippen molar-refractivity contribution in [3.8, 4) is 0 Å². The molecule has 25 heavy (non-hydrogen) atoms. The molecule has 0 unspecified atom stereocenters. The molecule has 2 aliphatic rings. The minimum atomic E-state index is -3.17. The number of hydrogen-bond acceptors (Lipinski definition) is 4. The van der Waals surface area contributed by atoms with Crippen LogP contribution in [0.5, 0.6) is 0 Å². The van der Waals surface area contributed by atoms with E-state index in [-0.39, 0.29) is 11.9 Å². The normalized spacial score (nSPS) is 18.6. The Morgan fingerprint density at radius 2 is 1.92 bits per heavy atom. The number of carbonyl (C=O) groups excluding carboxylic acids is 1. The third kappa shape index (κ3) is 4.57. The predicted octanol–water partition coefficient (Wildman–Crippen LogP) is 2.15. The Labute approximate surface area is 154 Å². The lowest BCUT2D eigenvalue weighted by Gasteiger charge is -2.35. The maximum absolute atomic E-state index is 12.5. The summed E-state index contributed by atoms with van der Waals surface area (Å²) in [6, 6.07) is 6.55. The Balaban J connectivity index is 1.48. The largest absolute Gasteiger partial charge is 0.342 e. The van der Waals surface area contributed by atoms with Crippen LogP contribution >= 0.6 is 11.8 Å². The number of sulfonamides is 1. The van der Waals surface area contributed by atoms with Crippen LogP contribution in [0, 0.1) is 0 Å². The van der Waals surface area contributed by atoms with E-state index in [4.69, 9.17) is 0 Å². The molecule has 0 radical (unpaired) electrons. The van der Waals surface area contributed by atoms with Gasteiger partial charge >= 0.3 is 0 Å². The number of hydrogen-bond donors (Lipinski definition) is 0. The molecule has 5 nitrogen and oxygen atoms in total. The number of amides is 1. The molecule has 0 atom stereocenters. The molecule has 0 saturated carbocycles. The molecule has 0 bridgehead atoms. The molecule has 1 saturated heterocycles. The number of fused-ring (bicyclic) bond motifs is 1. The van der Waals surface area contributed by atoms with Crippen molar-refractivity contribution in [2.75, 3.05) is 32.1 Å². The zero-order chi connectivity index (χ0) is 18.0. The fourth-order valence-corrected chi connectivity index (χ4v) is 5.24. The molecule has 7 heteroatoms. The van der Waals surface area contributed by atoms with Gasteiger partial charge in [0.1, 0.15) is 0 Å². The van der Waals surface area contributed by atoms with E-state index in [1.807, 2.05) is 4.90 Å². The zero-order valence-corrected chi connectivity index (χ0v) is 16.5. The van der Waals surface area contributed by atoms with E-state index in [9.17, 15) is 13.2 Å². The van der Waals surface area contributed by atoms with E-state index in [0.717, 1.165) is 6.42 Å². The van der Waals surface area contributed by atoms with Gasteiger partial charge in [0.05, 0.1) is 12.0 Å². The van der Waals surface area contributed by atoms with E-state index in [1.165, 1.54) is 39.4 Å². The number of likely N-dealkylation sites (tertiary alicyclic amines) is 1. The highest BCUT2D eigenvalue weighted by molar-refractivity contribution is 8.00. The first-order valence-electron chi connectivity index (χ1n) is 8.80. The highest BCUT2D eigenvalue weighted by Gasteiger charge is 2.28. The van der Waals surface area contributed by atoms with Crippen molar-refractivity contribution in [2.45, 2.75) is 43.0 Å². The number of benzene rings is 1. The summed E-state index contributed by atoms with van der Waals surface area (Å²) in [7, 11) is -1.54. The number of thioether (sulfide) groups is 1. The summed E-state index contributed by atoms with van der Waals surface area (Å²) in [4.78, 5) is 15.5. The third-order valence-corrected chi connectivity index (χ3v) is 7.61. The smallest absolute Gasteiger partial charge is 0.232 e. The van der Waals surface area contributed by atoms with Gasteiger partial charge in [-0.2, -0.15) is 0 Å². The summed E-state index contributed by atoms with van der Waals surface area (Å²) in [6.45, 7) is 1.27. The Kier molecular flexibility index (Phi) is 5.75. The molecule has 1 aromatic carbocycles. The van der Waals surface area contributed by atoms with E-state index in [0.29, 0.717) is 31.7 Å². The van der Waals surface area contributed by atoms with E-state index in [1.54, 1.807) is 18.8 Å². The van der Waals surface area contributed by atoms with Crippen LogP contribution in [0.3, 0.4) is 0 Å². The lowest BCUT2D eigenvalue weighted by Crippen LogP contribution is -2.47. The lowest BCUT2D eigenvalue weighted by molar-refractivity contribution is -0.129. The first-order chi connectivity index (χ1) is 11.8. The van der Waals surface area contributed by atoms with Gasteiger partial charge in [-0.25, -0.2) is 12.7 Å². The first-order valence-corrected chi connectivity index (χ1v) is 11.6. The molecule has 1 aromatic rings. The van der Waals surface area contributed by atoms with Crippen molar-refractivity contribution in [1.82, 2.24) is 9.21 Å². The molecule has 1 amide bonds. The molecule has 1 heterocycles. The second-order valence-corrected chi connectivity index (χ2v) is 10.1. The van der Waals surface area contributed by atoms with E-state index in [2.05, 4.69) is 18.2 Å². The van der Waals surface area contributed by atoms with Gasteiger partial charge in [-0.15, -0.1) is 11.8 Å². The zero-order valence-electron chi connectivity index (χ0n) is 14.9. The van der Waals surface area contributed by atoms with Gasteiger partial charge in [0, 0.05) is 31.1 Å². The van der Waals surface area contributed by atoms with Crippen LogP contribution in [0.1, 0.15) is 30.4 Å². The average Bonchev–Trinajstić information content (AvgIpc) is 3.06. The fourth-order valence-electron chi connectivity index (χ4n) is 3.62. The molecule has 1 aliphatic carbocycles. The van der Waals surface area contributed by atoms with Gasteiger partial charge < -0.3 is 4.90 Å². The van der Waals surface area contributed by atoms with Crippen molar-refractivity contribution >= 4 is 27.7 Å². The van der Waals surface area contributed by atoms with Gasteiger partial charge in [0.2, 0.25) is 15.9 Å². The molecular weight excluding hydrogens is 356 g/mol. The Hall–Kier alpha value is -1.05. The minimum Gasteiger partial charge on any atom is -0.342 e. The monoisotopic (exact) mass is 382 g/mol. The second-order valence-electron chi connectivity index (χ2n) is 6.96. The van der Waals surface area contributed by atoms with Crippen molar-refractivity contribution in [1.29, 1.82) is 0 Å². The van der Waals surface area contributed by atoms with Crippen molar-refractivity contribution in [3.05, 3.63) is 29.3 Å². The molecule has 3 rings (SSSR count). The van der Waals surface area contributed by atoms with Gasteiger partial charge in [-0.05, 0) is 55.4 Å². The highest BCUT2D eigenvalue weighted by atomic mass is 32.2. The lowest BCUT2D eigenvalue weighted by atomic mass is 10.1. The summed E-state index contributed by atoms with van der Waals surface area (Å²) < 4.78 is 24.7. The maximum Gasteiger partial charge on any atom is 0.232 e. The summed E-state index contributed by atoms with van der Waals surface area (Å²) in [5, 5.41) is 0. The van der Waals surface area contributed by atoms with Crippen molar-refractivity contribution < 1.29 is 13.2 Å². The molecule has 138 valence electrons. The maximum atomic E-state index is 12.5. The molecule has 0 spiro atoms. The van der Waals surface area contributed by atoms with Crippen LogP contribution in [0.2, 0.25) is 0 Å². The Bertz CT molecular complexity index is 741. The Morgan fingerprint density at radius 3 is 2.60 bits per heavy atom. The summed E-state index contributed by atoms with van der Waals surface area (Å²) >= 11 is 1.60. The van der Waals surface area contributed by atoms with Crippen molar-refractivity contribution in [3.63, 3.8) is 0 Å². The standard InChI is InChI=1S/C18H26N2O3S2/c1-19(25(2,22)23)16-8-10-20(11-9-16)18(21)13-24-17-7-6-14-4-3-5-15(14)12-17/h6-7,12,16H,3-5,8-11,13H2,1-2H3. The summed E-state index contributed by atoms with van der Waals surface area (Å²) in [5.74, 6) is 0.594. The molecular formula is C18H26N2O3S2. The Morgan fingerprint density at radius 1 is 1.24 bits per heavy atom. The van der Waals surface area contributed by atoms with E-state index < -0.39 is 10.0 Å². The van der Waals surface area contributed by atoms with Crippen LogP contribution in [-0.2, 0) is 27.7 Å². The van der Waals surface area contributed by atoms with Crippen LogP contribution in [0.4, 0.5) is 0 Å². The first kappa shape index (κ1) is 18.7. The van der Waals surface area contributed by atoms with Crippen LogP contribution in [0.25, 0.3) is 0 Å². The van der Waals surface area contributed by atoms with Gasteiger partial charge in [0.25, 0.3) is 0 Å². The summed E-state index contributed by atoms with van der Waals surface area (Å²) in [5.41, 5.74) is 2.88. The SMILES string of the molecule is CN(C1CCN(C(=O)CSc2ccc3c(c2)CCC3)CC1)S(C)(=O)=O. The van der Waals surface area contributed by atoms with Gasteiger partial charge in [-0.1, -0.05) is 6.07 Å². The number of piperidine rings is 1. The van der Waals surface area contributed by atoms with Crippen LogP contribution in [0.15, 0.2) is 23.1 Å². The average molecular weight is 383 g/mol. The van der Waals surface area contributed by atoms with Gasteiger partial charge in [0.15, 0.2) is 0 Å². The molecule has 0 N–H and O–H groups in total. The minimum absolute atomic E-state index is 0.00316. The predicted molar refractivity (Wildman–Crippen MR) is 101 cm³/mol. The quantitative estimate of drug-likeness (QED) is 0.732. The number of aryl methyl sites for hydroxylation is 2. The van der Waals surface area contributed by atoms with Crippen LogP contribution in [-0.4, -0.2) is 61.7 Å². The fraction of sp³-hybridized carbons (Fsp3) is 0.611. The van der Waals surface area contributed by atoms with Gasteiger partial charge in [-0.3, -0.25) is 4.79 Å². The number of nitrogens with zero attached hydrogens (tertiary/aromatic N) is 2. The molecule has 1 fully saturated rings. The third-order valence-electron chi connectivity index (χ3n) is 5.29. The number of rotatable bonds is 5. The molecule has 0 aromatic heterocycles. The second kappa shape index (κ2) is 7.68. The molecule has 1 aliphatic heterocycles. The topological polar surface area (TPSA) is 57.7 Å². The van der Waals surface area contributed by atoms with Crippen LogP contribution < -0.4 is 0 Å². The number of carbonyl (C=O) groups is 1.